The van der Waals surface area contributed by atoms with Crippen molar-refractivity contribution < 1.29 is 4.74 Å². The van der Waals surface area contributed by atoms with Crippen molar-refractivity contribution in [1.29, 1.82) is 0 Å². The second kappa shape index (κ2) is 4.49. The van der Waals surface area contributed by atoms with Crippen LogP contribution in [-0.2, 0) is 6.42 Å². The molecule has 1 aromatic heterocycles. The van der Waals surface area contributed by atoms with Crippen LogP contribution in [0, 0.1) is 0 Å². The second-order valence-electron chi connectivity index (χ2n) is 3.98. The van der Waals surface area contributed by atoms with Gasteiger partial charge in [-0.1, -0.05) is 17.8 Å². The van der Waals surface area contributed by atoms with Gasteiger partial charge in [0.25, 0.3) is 0 Å². The van der Waals surface area contributed by atoms with E-state index >= 15 is 0 Å². The van der Waals surface area contributed by atoms with E-state index < -0.39 is 0 Å². The number of fused-ring (bicyclic) bond motifs is 2. The Morgan fingerprint density at radius 2 is 2.28 bits per heavy atom. The number of rotatable bonds is 1. The van der Waals surface area contributed by atoms with E-state index in [1.54, 1.807) is 18.9 Å². The molecule has 92 valence electrons. The normalized spacial score (nSPS) is 13.3. The highest BCUT2D eigenvalue weighted by Gasteiger charge is 2.16. The summed E-state index contributed by atoms with van der Waals surface area (Å²) >= 11 is 1.62. The molecule has 0 unspecified atom stereocenters. The van der Waals surface area contributed by atoms with E-state index in [2.05, 4.69) is 11.1 Å². The van der Waals surface area contributed by atoms with Crippen LogP contribution in [0.1, 0.15) is 11.4 Å². The van der Waals surface area contributed by atoms with Gasteiger partial charge in [-0.15, -0.1) is 0 Å². The summed E-state index contributed by atoms with van der Waals surface area (Å²) in [5.74, 6) is 1.85. The highest BCUT2D eigenvalue weighted by atomic mass is 32.2. The molecule has 0 atom stereocenters. The molecule has 18 heavy (non-hydrogen) atoms. The zero-order valence-corrected chi connectivity index (χ0v) is 11.1. The molecule has 0 spiro atoms. The summed E-state index contributed by atoms with van der Waals surface area (Å²) in [6, 6.07) is 5.99. The van der Waals surface area contributed by atoms with Crippen LogP contribution in [0.5, 0.6) is 5.75 Å². The maximum Gasteiger partial charge on any atom is 0.173 e. The zero-order valence-electron chi connectivity index (χ0n) is 10.3. The summed E-state index contributed by atoms with van der Waals surface area (Å²) in [6.45, 7) is 0. The number of benzene rings is 1. The topological polar surface area (TPSA) is 39.4 Å². The van der Waals surface area contributed by atoms with E-state index in [-0.39, 0.29) is 0 Å². The summed E-state index contributed by atoms with van der Waals surface area (Å²) < 4.78 is 7.29. The number of imidazole rings is 1. The largest absolute Gasteiger partial charge is 0.497 e. The van der Waals surface area contributed by atoms with Gasteiger partial charge >= 0.3 is 0 Å². The minimum atomic E-state index is 0.792. The molecule has 0 N–H and O–H groups in total. The molecule has 0 fully saturated rings. The molecule has 2 heterocycles. The number of hydrogen-bond donors (Lipinski definition) is 0. The van der Waals surface area contributed by atoms with Gasteiger partial charge in [0.15, 0.2) is 5.17 Å². The van der Waals surface area contributed by atoms with Crippen molar-refractivity contribution in [2.75, 3.05) is 13.4 Å². The predicted octanol–water partition coefficient (Wildman–Crippen LogP) is 2.69. The van der Waals surface area contributed by atoms with Crippen molar-refractivity contribution in [3.05, 3.63) is 42.0 Å². The number of aromatic nitrogens is 2. The molecule has 1 aliphatic rings. The molecular weight excluding hydrogens is 246 g/mol. The fourth-order valence-corrected chi connectivity index (χ4v) is 2.59. The highest BCUT2D eigenvalue weighted by molar-refractivity contribution is 8.13. The fourth-order valence-electron chi connectivity index (χ4n) is 2.03. The van der Waals surface area contributed by atoms with E-state index in [4.69, 9.17) is 9.73 Å². The van der Waals surface area contributed by atoms with Gasteiger partial charge in [0.05, 0.1) is 12.8 Å². The first-order valence-electron chi connectivity index (χ1n) is 5.64. The standard InChI is InChI=1S/C13H13N3OS/c1-17-10-4-3-9-7-12-14-5-6-16(12)13(18-2)15-11(9)8-10/h3-6,8H,7H2,1-2H3. The molecule has 3 rings (SSSR count). The molecule has 5 heteroatoms. The molecule has 0 radical (unpaired) electrons. The van der Waals surface area contributed by atoms with Crippen molar-refractivity contribution in [2.24, 2.45) is 4.99 Å². The van der Waals surface area contributed by atoms with Gasteiger partial charge in [0.2, 0.25) is 0 Å². The van der Waals surface area contributed by atoms with Crippen LogP contribution in [0.2, 0.25) is 0 Å². The lowest BCUT2D eigenvalue weighted by molar-refractivity contribution is 0.415. The summed E-state index contributed by atoms with van der Waals surface area (Å²) in [5.41, 5.74) is 2.14. The summed E-state index contributed by atoms with van der Waals surface area (Å²) in [7, 11) is 1.67. The van der Waals surface area contributed by atoms with Gasteiger partial charge in [0, 0.05) is 24.9 Å². The number of hydrogen-bond acceptors (Lipinski definition) is 4. The molecule has 1 aliphatic heterocycles. The molecule has 1 aromatic carbocycles. The fraction of sp³-hybridized carbons (Fsp3) is 0.231. The predicted molar refractivity (Wildman–Crippen MR) is 74.0 cm³/mol. The van der Waals surface area contributed by atoms with Gasteiger partial charge in [-0.2, -0.15) is 0 Å². The van der Waals surface area contributed by atoms with Gasteiger partial charge in [-0.25, -0.2) is 9.98 Å². The van der Waals surface area contributed by atoms with Crippen LogP contribution in [0.3, 0.4) is 0 Å². The summed E-state index contributed by atoms with van der Waals surface area (Å²) in [6.07, 6.45) is 6.58. The first kappa shape index (κ1) is 11.3. The number of ether oxygens (including phenoxy) is 1. The van der Waals surface area contributed by atoms with E-state index in [1.165, 1.54) is 5.56 Å². The lowest BCUT2D eigenvalue weighted by Crippen LogP contribution is -2.08. The Morgan fingerprint density at radius 3 is 3.06 bits per heavy atom. The molecule has 0 bridgehead atoms. The monoisotopic (exact) mass is 259 g/mol. The Balaban J connectivity index is 2.17. The number of aliphatic imine (C=N–C) groups is 1. The smallest absolute Gasteiger partial charge is 0.173 e. The molecule has 0 amide bonds. The first-order chi connectivity index (χ1) is 8.81. The zero-order chi connectivity index (χ0) is 12.5. The van der Waals surface area contributed by atoms with Crippen molar-refractivity contribution in [1.82, 2.24) is 9.55 Å². The minimum absolute atomic E-state index is 0.792. The Kier molecular flexibility index (Phi) is 2.83. The first-order valence-corrected chi connectivity index (χ1v) is 6.86. The average molecular weight is 259 g/mol. The van der Waals surface area contributed by atoms with Crippen molar-refractivity contribution >= 4 is 22.6 Å². The molecule has 0 saturated carbocycles. The molecule has 4 nitrogen and oxygen atoms in total. The number of nitrogens with zero attached hydrogens (tertiary/aromatic N) is 3. The van der Waals surface area contributed by atoms with Crippen molar-refractivity contribution in [2.45, 2.75) is 6.42 Å². The SMILES string of the molecule is COc1ccc2c(c1)N=C(SC)n1ccnc1C2. The van der Waals surface area contributed by atoms with Crippen molar-refractivity contribution in [3.63, 3.8) is 0 Å². The Bertz CT molecular complexity index is 618. The second-order valence-corrected chi connectivity index (χ2v) is 4.76. The third-order valence-corrected chi connectivity index (χ3v) is 3.62. The van der Waals surface area contributed by atoms with E-state index in [0.29, 0.717) is 0 Å². The lowest BCUT2D eigenvalue weighted by Gasteiger charge is -2.05. The summed E-state index contributed by atoms with van der Waals surface area (Å²) in [4.78, 5) is 9.10. The maximum absolute atomic E-state index is 5.25. The van der Waals surface area contributed by atoms with Crippen LogP contribution in [0.15, 0.2) is 35.6 Å². The van der Waals surface area contributed by atoms with Crippen LogP contribution in [0.25, 0.3) is 0 Å². The quantitative estimate of drug-likeness (QED) is 0.790. The number of thioether (sulfide) groups is 1. The van der Waals surface area contributed by atoms with Crippen LogP contribution in [-0.4, -0.2) is 28.1 Å². The summed E-state index contributed by atoms with van der Waals surface area (Å²) in [5, 5.41) is 0.939. The average Bonchev–Trinajstić information content (AvgIpc) is 2.80. The molecule has 0 saturated heterocycles. The van der Waals surface area contributed by atoms with Crippen molar-refractivity contribution in [3.8, 4) is 5.75 Å². The minimum Gasteiger partial charge on any atom is -0.497 e. The molecular formula is C13H13N3OS. The van der Waals surface area contributed by atoms with E-state index in [1.807, 2.05) is 35.3 Å². The Morgan fingerprint density at radius 1 is 1.39 bits per heavy atom. The maximum atomic E-state index is 5.25. The number of methoxy groups -OCH3 is 1. The van der Waals surface area contributed by atoms with E-state index in [0.717, 1.165) is 28.8 Å². The Hall–Kier alpha value is -1.75. The lowest BCUT2D eigenvalue weighted by atomic mass is 10.1. The highest BCUT2D eigenvalue weighted by Crippen LogP contribution is 2.30. The third kappa shape index (κ3) is 1.80. The molecule has 0 aliphatic carbocycles. The Labute approximate surface area is 110 Å². The van der Waals surface area contributed by atoms with Gasteiger partial charge < -0.3 is 4.74 Å². The van der Waals surface area contributed by atoms with Gasteiger partial charge in [0.1, 0.15) is 11.6 Å². The van der Waals surface area contributed by atoms with E-state index in [9.17, 15) is 0 Å². The van der Waals surface area contributed by atoms with Gasteiger partial charge in [-0.05, 0) is 17.9 Å². The molecule has 2 aromatic rings. The van der Waals surface area contributed by atoms with Crippen LogP contribution >= 0.6 is 11.8 Å². The third-order valence-electron chi connectivity index (χ3n) is 2.96. The van der Waals surface area contributed by atoms with Crippen LogP contribution in [0.4, 0.5) is 5.69 Å². The van der Waals surface area contributed by atoms with Crippen LogP contribution < -0.4 is 4.74 Å². The van der Waals surface area contributed by atoms with Gasteiger partial charge in [-0.3, -0.25) is 4.57 Å².